The molecule has 2 rings (SSSR count). The normalized spacial score (nSPS) is 10.2. The number of hydrogen-bond donors (Lipinski definition) is 1. The molecule has 3 nitrogen and oxygen atoms in total. The van der Waals surface area contributed by atoms with Crippen LogP contribution >= 0.6 is 38.5 Å². The molecule has 0 aliphatic rings. The molecule has 2 aromatic rings. The van der Waals surface area contributed by atoms with E-state index in [0.29, 0.717) is 11.3 Å². The van der Waals surface area contributed by atoms with Gasteiger partial charge in [-0.15, -0.1) is 0 Å². The van der Waals surface area contributed by atoms with Crippen LogP contribution < -0.4 is 10.1 Å². The van der Waals surface area contributed by atoms with Crippen LogP contribution in [0.4, 0.5) is 5.69 Å². The van der Waals surface area contributed by atoms with E-state index in [9.17, 15) is 4.79 Å². The standard InChI is InChI=1S/C15H13BrINO2/c1-9-7-10(17)3-6-14(9)18-15(19)12-8-11(20-2)4-5-13(12)16/h3-8H,1-2H3,(H,18,19). The van der Waals surface area contributed by atoms with Gasteiger partial charge in [-0.05, 0) is 87.4 Å². The minimum atomic E-state index is -0.167. The summed E-state index contributed by atoms with van der Waals surface area (Å²) < 4.78 is 7.02. The molecule has 104 valence electrons. The molecular weight excluding hydrogens is 433 g/mol. The van der Waals surface area contributed by atoms with Crippen molar-refractivity contribution in [3.63, 3.8) is 0 Å². The zero-order chi connectivity index (χ0) is 14.7. The SMILES string of the molecule is COc1ccc(Br)c(C(=O)Nc2ccc(I)cc2C)c1. The molecule has 0 radical (unpaired) electrons. The number of carbonyl (C=O) groups excluding carboxylic acids is 1. The first-order valence-corrected chi connectivity index (χ1v) is 7.79. The molecule has 0 atom stereocenters. The Morgan fingerprint density at radius 3 is 2.65 bits per heavy atom. The van der Waals surface area contributed by atoms with Gasteiger partial charge in [0.25, 0.3) is 5.91 Å². The molecule has 0 unspecified atom stereocenters. The van der Waals surface area contributed by atoms with Gasteiger partial charge in [0.2, 0.25) is 0 Å². The molecule has 1 N–H and O–H groups in total. The van der Waals surface area contributed by atoms with Gasteiger partial charge in [-0.3, -0.25) is 4.79 Å². The number of carbonyl (C=O) groups is 1. The van der Waals surface area contributed by atoms with Gasteiger partial charge in [0.1, 0.15) is 5.75 Å². The number of anilines is 1. The Hall–Kier alpha value is -1.08. The van der Waals surface area contributed by atoms with E-state index in [1.54, 1.807) is 25.3 Å². The van der Waals surface area contributed by atoms with Crippen molar-refractivity contribution in [1.82, 2.24) is 0 Å². The fraction of sp³-hybridized carbons (Fsp3) is 0.133. The van der Waals surface area contributed by atoms with Crippen molar-refractivity contribution in [2.45, 2.75) is 6.92 Å². The van der Waals surface area contributed by atoms with E-state index in [0.717, 1.165) is 19.3 Å². The van der Waals surface area contributed by atoms with Crippen molar-refractivity contribution in [3.8, 4) is 5.75 Å². The lowest BCUT2D eigenvalue weighted by Crippen LogP contribution is -2.13. The van der Waals surface area contributed by atoms with Gasteiger partial charge in [-0.25, -0.2) is 0 Å². The number of hydrogen-bond acceptors (Lipinski definition) is 2. The minimum absolute atomic E-state index is 0.167. The van der Waals surface area contributed by atoms with Crippen LogP contribution in [0.5, 0.6) is 5.75 Å². The van der Waals surface area contributed by atoms with Crippen LogP contribution in [0.3, 0.4) is 0 Å². The maximum absolute atomic E-state index is 12.3. The summed E-state index contributed by atoms with van der Waals surface area (Å²) in [6.45, 7) is 1.97. The van der Waals surface area contributed by atoms with Crippen molar-refractivity contribution in [2.75, 3.05) is 12.4 Å². The first-order valence-electron chi connectivity index (χ1n) is 5.92. The summed E-state index contributed by atoms with van der Waals surface area (Å²) in [5, 5.41) is 2.92. The molecule has 0 saturated carbocycles. The second-order valence-corrected chi connectivity index (χ2v) is 6.36. The zero-order valence-corrected chi connectivity index (χ0v) is 14.8. The van der Waals surface area contributed by atoms with Crippen LogP contribution in [0.1, 0.15) is 15.9 Å². The summed E-state index contributed by atoms with van der Waals surface area (Å²) in [5.74, 6) is 0.484. The highest BCUT2D eigenvalue weighted by atomic mass is 127. The molecule has 0 saturated heterocycles. The summed E-state index contributed by atoms with van der Waals surface area (Å²) in [7, 11) is 1.58. The number of benzene rings is 2. The molecule has 5 heteroatoms. The minimum Gasteiger partial charge on any atom is -0.497 e. The van der Waals surface area contributed by atoms with E-state index in [1.807, 2.05) is 25.1 Å². The zero-order valence-electron chi connectivity index (χ0n) is 11.0. The van der Waals surface area contributed by atoms with Gasteiger partial charge in [-0.2, -0.15) is 0 Å². The number of methoxy groups -OCH3 is 1. The van der Waals surface area contributed by atoms with Gasteiger partial charge in [0, 0.05) is 13.7 Å². The molecule has 2 aromatic carbocycles. The summed E-state index contributed by atoms with van der Waals surface area (Å²) in [5.41, 5.74) is 2.39. The Kier molecular flexibility index (Phi) is 5.04. The van der Waals surface area contributed by atoms with E-state index >= 15 is 0 Å². The van der Waals surface area contributed by atoms with Crippen LogP contribution in [0, 0.1) is 10.5 Å². The predicted octanol–water partition coefficient (Wildman–Crippen LogP) is 4.62. The summed E-state index contributed by atoms with van der Waals surface area (Å²) >= 11 is 5.63. The molecular formula is C15H13BrINO2. The van der Waals surface area contributed by atoms with Crippen LogP contribution in [-0.2, 0) is 0 Å². The van der Waals surface area contributed by atoms with Crippen molar-refractivity contribution < 1.29 is 9.53 Å². The molecule has 0 spiro atoms. The molecule has 0 aromatic heterocycles. The Balaban J connectivity index is 2.28. The summed E-state index contributed by atoms with van der Waals surface area (Å²) in [6.07, 6.45) is 0. The van der Waals surface area contributed by atoms with E-state index in [4.69, 9.17) is 4.74 Å². The number of amides is 1. The van der Waals surface area contributed by atoms with Crippen LogP contribution in [0.15, 0.2) is 40.9 Å². The second kappa shape index (κ2) is 6.58. The van der Waals surface area contributed by atoms with Gasteiger partial charge in [0.15, 0.2) is 0 Å². The number of aryl methyl sites for hydroxylation is 1. The first kappa shape index (κ1) is 15.3. The third-order valence-corrected chi connectivity index (χ3v) is 4.22. The Morgan fingerprint density at radius 2 is 2.00 bits per heavy atom. The van der Waals surface area contributed by atoms with Gasteiger partial charge in [0.05, 0.1) is 12.7 Å². The third kappa shape index (κ3) is 3.52. The molecule has 0 aliphatic carbocycles. The fourth-order valence-corrected chi connectivity index (χ4v) is 2.84. The Bertz CT molecular complexity index is 658. The van der Waals surface area contributed by atoms with Crippen LogP contribution in [-0.4, -0.2) is 13.0 Å². The summed E-state index contributed by atoms with van der Waals surface area (Å²) in [4.78, 5) is 12.3. The van der Waals surface area contributed by atoms with Crippen molar-refractivity contribution in [2.24, 2.45) is 0 Å². The average molecular weight is 446 g/mol. The topological polar surface area (TPSA) is 38.3 Å². The maximum Gasteiger partial charge on any atom is 0.256 e. The van der Waals surface area contributed by atoms with E-state index in [1.165, 1.54) is 0 Å². The molecule has 0 aliphatic heterocycles. The summed E-state index contributed by atoms with van der Waals surface area (Å²) in [6, 6.07) is 11.2. The largest absolute Gasteiger partial charge is 0.497 e. The number of nitrogens with one attached hydrogen (secondary N) is 1. The number of ether oxygens (including phenoxy) is 1. The lowest BCUT2D eigenvalue weighted by Gasteiger charge is -2.11. The maximum atomic E-state index is 12.3. The molecule has 0 fully saturated rings. The van der Waals surface area contributed by atoms with E-state index < -0.39 is 0 Å². The average Bonchev–Trinajstić information content (AvgIpc) is 2.42. The predicted molar refractivity (Wildman–Crippen MR) is 92.5 cm³/mol. The number of halogens is 2. The third-order valence-electron chi connectivity index (χ3n) is 2.85. The van der Waals surface area contributed by atoms with Gasteiger partial charge in [-0.1, -0.05) is 0 Å². The monoisotopic (exact) mass is 445 g/mol. The number of rotatable bonds is 3. The van der Waals surface area contributed by atoms with Crippen molar-refractivity contribution >= 4 is 50.1 Å². The Labute approximate surface area is 140 Å². The van der Waals surface area contributed by atoms with E-state index in [2.05, 4.69) is 43.8 Å². The van der Waals surface area contributed by atoms with Crippen LogP contribution in [0.2, 0.25) is 0 Å². The first-order chi connectivity index (χ1) is 9.51. The lowest BCUT2D eigenvalue weighted by molar-refractivity contribution is 0.102. The highest BCUT2D eigenvalue weighted by Gasteiger charge is 2.12. The smallest absolute Gasteiger partial charge is 0.256 e. The molecule has 20 heavy (non-hydrogen) atoms. The van der Waals surface area contributed by atoms with Crippen molar-refractivity contribution in [3.05, 3.63) is 55.6 Å². The van der Waals surface area contributed by atoms with Crippen molar-refractivity contribution in [1.29, 1.82) is 0 Å². The second-order valence-electron chi connectivity index (χ2n) is 4.26. The van der Waals surface area contributed by atoms with Gasteiger partial charge >= 0.3 is 0 Å². The highest BCUT2D eigenvalue weighted by Crippen LogP contribution is 2.24. The van der Waals surface area contributed by atoms with E-state index in [-0.39, 0.29) is 5.91 Å². The fourth-order valence-electron chi connectivity index (χ4n) is 1.76. The highest BCUT2D eigenvalue weighted by molar-refractivity contribution is 14.1. The molecule has 1 amide bonds. The Morgan fingerprint density at radius 1 is 1.25 bits per heavy atom. The lowest BCUT2D eigenvalue weighted by atomic mass is 10.1. The molecule has 0 heterocycles. The van der Waals surface area contributed by atoms with Crippen LogP contribution in [0.25, 0.3) is 0 Å². The van der Waals surface area contributed by atoms with Gasteiger partial charge < -0.3 is 10.1 Å². The molecule has 0 bridgehead atoms. The quantitative estimate of drug-likeness (QED) is 0.700.